The van der Waals surface area contributed by atoms with Crippen LogP contribution in [0.3, 0.4) is 0 Å². The Morgan fingerprint density at radius 2 is 1.48 bits per heavy atom. The van der Waals surface area contributed by atoms with Gasteiger partial charge in [-0.3, -0.25) is 9.59 Å². The first-order valence-corrected chi connectivity index (χ1v) is 7.56. The number of hydrogen-bond donors (Lipinski definition) is 2. The third-order valence-corrected chi connectivity index (χ3v) is 3.37. The van der Waals surface area contributed by atoms with E-state index in [1.54, 1.807) is 36.4 Å². The van der Waals surface area contributed by atoms with Crippen LogP contribution in [0.25, 0.3) is 12.2 Å². The Morgan fingerprint density at radius 3 is 2.08 bits per heavy atom. The number of ketones is 2. The van der Waals surface area contributed by atoms with Crippen molar-refractivity contribution in [1.29, 1.82) is 0 Å². The summed E-state index contributed by atoms with van der Waals surface area (Å²) in [7, 11) is 1.44. The summed E-state index contributed by atoms with van der Waals surface area (Å²) >= 11 is 0. The molecule has 0 amide bonds. The Bertz CT molecular complexity index is 816. The van der Waals surface area contributed by atoms with Gasteiger partial charge in [0.1, 0.15) is 5.75 Å². The molecule has 0 fully saturated rings. The molecule has 0 aliphatic heterocycles. The van der Waals surface area contributed by atoms with Crippen molar-refractivity contribution in [3.05, 3.63) is 65.7 Å². The number of benzene rings is 2. The van der Waals surface area contributed by atoms with Crippen molar-refractivity contribution in [2.75, 3.05) is 7.11 Å². The zero-order valence-electron chi connectivity index (χ0n) is 13.7. The van der Waals surface area contributed by atoms with Crippen molar-refractivity contribution in [2.24, 2.45) is 0 Å². The van der Waals surface area contributed by atoms with E-state index in [4.69, 9.17) is 4.74 Å². The van der Waals surface area contributed by atoms with Crippen molar-refractivity contribution in [2.45, 2.75) is 6.42 Å². The highest BCUT2D eigenvalue weighted by Crippen LogP contribution is 2.26. The number of hydrogen-bond acceptors (Lipinski definition) is 5. The number of carbonyl (C=O) groups is 2. The highest BCUT2D eigenvalue weighted by Gasteiger charge is 2.05. The molecule has 0 radical (unpaired) electrons. The maximum Gasteiger partial charge on any atom is 0.163 e. The molecule has 0 spiro atoms. The van der Waals surface area contributed by atoms with Gasteiger partial charge >= 0.3 is 0 Å². The molecule has 2 aromatic rings. The van der Waals surface area contributed by atoms with Crippen molar-refractivity contribution in [3.63, 3.8) is 0 Å². The molecule has 0 aromatic heterocycles. The van der Waals surface area contributed by atoms with Gasteiger partial charge in [-0.25, -0.2) is 0 Å². The van der Waals surface area contributed by atoms with Gasteiger partial charge in [-0.1, -0.05) is 30.4 Å². The first-order valence-electron chi connectivity index (χ1n) is 7.56. The van der Waals surface area contributed by atoms with Crippen molar-refractivity contribution < 1.29 is 24.5 Å². The molecule has 25 heavy (non-hydrogen) atoms. The van der Waals surface area contributed by atoms with E-state index >= 15 is 0 Å². The first-order chi connectivity index (χ1) is 12.0. The predicted octanol–water partition coefficient (Wildman–Crippen LogP) is 3.36. The Morgan fingerprint density at radius 1 is 0.920 bits per heavy atom. The van der Waals surface area contributed by atoms with Crippen LogP contribution in [0.5, 0.6) is 17.2 Å². The highest BCUT2D eigenvalue weighted by molar-refractivity contribution is 6.10. The molecule has 0 unspecified atom stereocenters. The summed E-state index contributed by atoms with van der Waals surface area (Å²) in [4.78, 5) is 23.7. The number of rotatable bonds is 7. The molecule has 0 aliphatic rings. The number of aromatic hydroxyl groups is 2. The molecule has 0 aliphatic carbocycles. The molecule has 0 heterocycles. The van der Waals surface area contributed by atoms with Crippen LogP contribution < -0.4 is 4.74 Å². The minimum absolute atomic E-state index is 0.0144. The van der Waals surface area contributed by atoms with Gasteiger partial charge in [0.25, 0.3) is 0 Å². The van der Waals surface area contributed by atoms with Gasteiger partial charge in [-0.05, 0) is 47.5 Å². The molecule has 128 valence electrons. The van der Waals surface area contributed by atoms with Crippen LogP contribution in [0.2, 0.25) is 0 Å². The minimum atomic E-state index is -0.326. The van der Waals surface area contributed by atoms with Crippen molar-refractivity contribution in [1.82, 2.24) is 0 Å². The summed E-state index contributed by atoms with van der Waals surface area (Å²) in [6.45, 7) is 0. The second kappa shape index (κ2) is 8.49. The third-order valence-electron chi connectivity index (χ3n) is 3.37. The summed E-state index contributed by atoms with van der Waals surface area (Å²) in [6.07, 6.45) is 5.56. The topological polar surface area (TPSA) is 83.8 Å². The standard InChI is InChI=1S/C20H18O5/c1-25-20-12-15(6-11-19(20)24)5-10-18(23)13-17(22)9-4-14-2-7-16(21)8-3-14/h2-12,21,24H,13H2,1H3/b9-4+,10-5-. The first kappa shape index (κ1) is 18.0. The fraction of sp³-hybridized carbons (Fsp3) is 0.100. The monoisotopic (exact) mass is 338 g/mol. The zero-order valence-corrected chi connectivity index (χ0v) is 13.7. The van der Waals surface area contributed by atoms with Gasteiger partial charge in [-0.2, -0.15) is 0 Å². The maximum atomic E-state index is 11.8. The Balaban J connectivity index is 1.92. The van der Waals surface area contributed by atoms with E-state index in [1.165, 1.54) is 37.5 Å². The van der Waals surface area contributed by atoms with E-state index in [2.05, 4.69) is 0 Å². The average molecular weight is 338 g/mol. The van der Waals surface area contributed by atoms with E-state index < -0.39 is 0 Å². The molecule has 0 saturated heterocycles. The van der Waals surface area contributed by atoms with Crippen LogP contribution >= 0.6 is 0 Å². The predicted molar refractivity (Wildman–Crippen MR) is 95.5 cm³/mol. The summed E-state index contributed by atoms with van der Waals surface area (Å²) in [5, 5.41) is 18.7. The fourth-order valence-electron chi connectivity index (χ4n) is 2.05. The smallest absolute Gasteiger partial charge is 0.163 e. The molecule has 2 aromatic carbocycles. The van der Waals surface area contributed by atoms with Gasteiger partial charge in [0.2, 0.25) is 0 Å². The lowest BCUT2D eigenvalue weighted by atomic mass is 10.1. The largest absolute Gasteiger partial charge is 0.508 e. The second-order valence-electron chi connectivity index (χ2n) is 5.30. The van der Waals surface area contributed by atoms with Gasteiger partial charge < -0.3 is 14.9 Å². The van der Waals surface area contributed by atoms with E-state index in [1.807, 2.05) is 0 Å². The molecule has 2 N–H and O–H groups in total. The number of allylic oxidation sites excluding steroid dienone is 2. The van der Waals surface area contributed by atoms with Crippen molar-refractivity contribution in [3.8, 4) is 17.2 Å². The minimum Gasteiger partial charge on any atom is -0.508 e. The molecule has 0 saturated carbocycles. The van der Waals surface area contributed by atoms with E-state index in [9.17, 15) is 19.8 Å². The van der Waals surface area contributed by atoms with Crippen LogP contribution in [-0.4, -0.2) is 28.9 Å². The van der Waals surface area contributed by atoms with Crippen LogP contribution in [0.4, 0.5) is 0 Å². The van der Waals surface area contributed by atoms with Gasteiger partial charge in [0.05, 0.1) is 13.5 Å². The Labute approximate surface area is 145 Å². The number of phenols is 2. The molecule has 5 nitrogen and oxygen atoms in total. The number of carbonyl (C=O) groups excluding carboxylic acids is 2. The van der Waals surface area contributed by atoms with E-state index in [0.717, 1.165) is 5.56 Å². The molecular formula is C20H18O5. The van der Waals surface area contributed by atoms with Crippen LogP contribution in [0.1, 0.15) is 17.5 Å². The van der Waals surface area contributed by atoms with Gasteiger partial charge in [0, 0.05) is 0 Å². The number of methoxy groups -OCH3 is 1. The lowest BCUT2D eigenvalue weighted by Gasteiger charge is -2.03. The zero-order chi connectivity index (χ0) is 18.2. The van der Waals surface area contributed by atoms with Crippen molar-refractivity contribution >= 4 is 23.7 Å². The Kier molecular flexibility index (Phi) is 6.12. The normalized spacial score (nSPS) is 11.1. The third kappa shape index (κ3) is 5.66. The van der Waals surface area contributed by atoms with Crippen LogP contribution in [0, 0.1) is 0 Å². The fourth-order valence-corrected chi connectivity index (χ4v) is 2.05. The second-order valence-corrected chi connectivity index (χ2v) is 5.30. The Hall–Kier alpha value is -3.34. The van der Waals surface area contributed by atoms with Gasteiger partial charge in [0.15, 0.2) is 23.1 Å². The summed E-state index contributed by atoms with van der Waals surface area (Å²) < 4.78 is 4.99. The molecular weight excluding hydrogens is 320 g/mol. The molecule has 0 bridgehead atoms. The lowest BCUT2D eigenvalue weighted by Crippen LogP contribution is -2.01. The molecule has 5 heteroatoms. The number of phenolic OH excluding ortho intramolecular Hbond substituents is 2. The van der Waals surface area contributed by atoms with Crippen LogP contribution in [-0.2, 0) is 9.59 Å². The van der Waals surface area contributed by atoms with Gasteiger partial charge in [-0.15, -0.1) is 0 Å². The molecule has 0 atom stereocenters. The summed E-state index contributed by atoms with van der Waals surface area (Å²) in [5.41, 5.74) is 1.43. The lowest BCUT2D eigenvalue weighted by molar-refractivity contribution is -0.121. The maximum absolute atomic E-state index is 11.8. The quantitative estimate of drug-likeness (QED) is 0.597. The van der Waals surface area contributed by atoms with Crippen LogP contribution in [0.15, 0.2) is 54.6 Å². The average Bonchev–Trinajstić information content (AvgIpc) is 2.60. The van der Waals surface area contributed by atoms with E-state index in [0.29, 0.717) is 11.3 Å². The number of ether oxygens (including phenoxy) is 1. The summed E-state index contributed by atoms with van der Waals surface area (Å²) in [5.74, 6) is -0.170. The van der Waals surface area contributed by atoms with E-state index in [-0.39, 0.29) is 29.5 Å². The highest BCUT2D eigenvalue weighted by atomic mass is 16.5. The molecule has 2 rings (SSSR count). The SMILES string of the molecule is COc1cc(/C=C\C(=O)CC(=O)/C=C/c2ccc(O)cc2)ccc1O. The summed E-state index contributed by atoms with van der Waals surface area (Å²) in [6, 6.07) is 11.1.